The second-order valence-electron chi connectivity index (χ2n) is 8.36. The lowest BCUT2D eigenvalue weighted by atomic mass is 9.79. The van der Waals surface area contributed by atoms with Crippen molar-refractivity contribution in [1.29, 1.82) is 0 Å². The van der Waals surface area contributed by atoms with Gasteiger partial charge in [0.1, 0.15) is 5.58 Å². The molecule has 1 amide bonds. The molecule has 132 valence electrons. The zero-order valence-electron chi connectivity index (χ0n) is 15.7. The topological polar surface area (TPSA) is 54.3 Å². The maximum Gasteiger partial charge on any atom is 0.287 e. The zero-order chi connectivity index (χ0) is 18.0. The molecule has 0 fully saturated rings. The van der Waals surface area contributed by atoms with Gasteiger partial charge in [-0.1, -0.05) is 45.9 Å². The van der Waals surface area contributed by atoms with Gasteiger partial charge in [0.25, 0.3) is 5.91 Å². The van der Waals surface area contributed by atoms with Crippen LogP contribution in [0, 0.1) is 5.41 Å². The summed E-state index contributed by atoms with van der Waals surface area (Å²) in [6, 6.07) is 9.92. The first kappa shape index (κ1) is 18.5. The summed E-state index contributed by atoms with van der Waals surface area (Å²) in [6.45, 7) is 13.8. The third-order valence-corrected chi connectivity index (χ3v) is 4.01. The number of carbonyl (C=O) groups excluding carboxylic acids is 1. The Kier molecular flexibility index (Phi) is 5.38. The summed E-state index contributed by atoms with van der Waals surface area (Å²) in [4.78, 5) is 12.6. The number of para-hydroxylation sites is 1. The highest BCUT2D eigenvalue weighted by Gasteiger charge is 2.31. The van der Waals surface area contributed by atoms with E-state index in [9.17, 15) is 4.79 Å². The summed E-state index contributed by atoms with van der Waals surface area (Å²) in [7, 11) is 0. The molecular formula is C20H30N2O2. The van der Waals surface area contributed by atoms with Gasteiger partial charge in [0.15, 0.2) is 5.76 Å². The maximum absolute atomic E-state index is 12.6. The van der Waals surface area contributed by atoms with Gasteiger partial charge in [-0.2, -0.15) is 0 Å². The smallest absolute Gasteiger partial charge is 0.287 e. The van der Waals surface area contributed by atoms with Crippen LogP contribution in [0.25, 0.3) is 11.0 Å². The third-order valence-electron chi connectivity index (χ3n) is 4.01. The molecule has 4 nitrogen and oxygen atoms in total. The summed E-state index contributed by atoms with van der Waals surface area (Å²) < 4.78 is 5.66. The molecule has 0 spiro atoms. The van der Waals surface area contributed by atoms with Crippen LogP contribution in [0.15, 0.2) is 34.7 Å². The molecule has 2 rings (SSSR count). The lowest BCUT2D eigenvalue weighted by molar-refractivity contribution is 0.0859. The standard InChI is InChI=1S/C20H30N2O2/c1-14(2)21-13-19(3,4)12-20(5,6)22-18(23)17-11-15-9-7-8-10-16(15)24-17/h7-11,14,21H,12-13H2,1-6H3,(H,22,23). The average molecular weight is 330 g/mol. The number of furan rings is 1. The molecule has 0 radical (unpaired) electrons. The minimum absolute atomic E-state index is 0.0783. The summed E-state index contributed by atoms with van der Waals surface area (Å²) in [5.41, 5.74) is 0.495. The molecule has 1 aromatic carbocycles. The zero-order valence-corrected chi connectivity index (χ0v) is 15.7. The van der Waals surface area contributed by atoms with Crippen LogP contribution in [-0.2, 0) is 0 Å². The van der Waals surface area contributed by atoms with Gasteiger partial charge >= 0.3 is 0 Å². The first-order valence-electron chi connectivity index (χ1n) is 8.62. The molecule has 0 saturated heterocycles. The van der Waals surface area contributed by atoms with Crippen molar-refractivity contribution in [3.05, 3.63) is 36.1 Å². The van der Waals surface area contributed by atoms with Gasteiger partial charge < -0.3 is 15.1 Å². The van der Waals surface area contributed by atoms with Gasteiger partial charge in [0.05, 0.1) is 0 Å². The summed E-state index contributed by atoms with van der Waals surface area (Å²) in [5.74, 6) is 0.200. The quantitative estimate of drug-likeness (QED) is 0.793. The minimum atomic E-state index is -0.321. The van der Waals surface area contributed by atoms with Crippen LogP contribution >= 0.6 is 0 Å². The molecule has 2 N–H and O–H groups in total. The Morgan fingerprint density at radius 2 is 1.83 bits per heavy atom. The van der Waals surface area contributed by atoms with Crippen molar-refractivity contribution in [2.75, 3.05) is 6.54 Å². The van der Waals surface area contributed by atoms with E-state index in [4.69, 9.17) is 4.42 Å². The fourth-order valence-corrected chi connectivity index (χ4v) is 3.25. The number of nitrogens with one attached hydrogen (secondary N) is 2. The number of hydrogen-bond acceptors (Lipinski definition) is 3. The molecule has 0 unspecified atom stereocenters. The molecular weight excluding hydrogens is 300 g/mol. The van der Waals surface area contributed by atoms with Gasteiger partial charge in [-0.3, -0.25) is 4.79 Å². The fourth-order valence-electron chi connectivity index (χ4n) is 3.25. The molecule has 4 heteroatoms. The van der Waals surface area contributed by atoms with Crippen LogP contribution in [0.4, 0.5) is 0 Å². The van der Waals surface area contributed by atoms with Crippen LogP contribution in [0.1, 0.15) is 58.5 Å². The van der Waals surface area contributed by atoms with Crippen LogP contribution < -0.4 is 10.6 Å². The van der Waals surface area contributed by atoms with Crippen molar-refractivity contribution in [1.82, 2.24) is 10.6 Å². The minimum Gasteiger partial charge on any atom is -0.451 e. The van der Waals surface area contributed by atoms with Crippen LogP contribution in [0.3, 0.4) is 0 Å². The Hall–Kier alpha value is -1.81. The molecule has 0 bridgehead atoms. The highest BCUT2D eigenvalue weighted by Crippen LogP contribution is 2.28. The van der Waals surface area contributed by atoms with E-state index in [0.717, 1.165) is 23.9 Å². The molecule has 1 aromatic heterocycles. The van der Waals surface area contributed by atoms with Gasteiger partial charge in [-0.15, -0.1) is 0 Å². The number of rotatable bonds is 7. The normalized spacial score (nSPS) is 12.8. The largest absolute Gasteiger partial charge is 0.451 e. The predicted molar refractivity (Wildman–Crippen MR) is 99.3 cm³/mol. The first-order chi connectivity index (χ1) is 11.1. The molecule has 24 heavy (non-hydrogen) atoms. The predicted octanol–water partition coefficient (Wildman–Crippen LogP) is 4.36. The first-order valence-corrected chi connectivity index (χ1v) is 8.62. The summed E-state index contributed by atoms with van der Waals surface area (Å²) in [6.07, 6.45) is 0.867. The molecule has 0 aliphatic carbocycles. The van der Waals surface area contributed by atoms with Gasteiger partial charge in [-0.25, -0.2) is 0 Å². The molecule has 2 aromatic rings. The van der Waals surface area contributed by atoms with Crippen molar-refractivity contribution in [2.24, 2.45) is 5.41 Å². The van der Waals surface area contributed by atoms with Crippen LogP contribution in [0.5, 0.6) is 0 Å². The van der Waals surface area contributed by atoms with E-state index < -0.39 is 0 Å². The van der Waals surface area contributed by atoms with E-state index in [0.29, 0.717) is 11.8 Å². The molecule has 0 aliphatic rings. The van der Waals surface area contributed by atoms with Crippen molar-refractivity contribution in [2.45, 2.75) is 59.5 Å². The second-order valence-corrected chi connectivity index (χ2v) is 8.36. The van der Waals surface area contributed by atoms with E-state index in [-0.39, 0.29) is 16.9 Å². The second kappa shape index (κ2) is 6.98. The van der Waals surface area contributed by atoms with Gasteiger partial charge in [0.2, 0.25) is 0 Å². The Bertz CT molecular complexity index is 665. The van der Waals surface area contributed by atoms with Gasteiger partial charge in [-0.05, 0) is 37.8 Å². The molecule has 0 saturated carbocycles. The lowest BCUT2D eigenvalue weighted by Crippen LogP contribution is -2.48. The Labute approximate surface area is 145 Å². The Morgan fingerprint density at radius 1 is 1.17 bits per heavy atom. The fraction of sp³-hybridized carbons (Fsp3) is 0.550. The van der Waals surface area contributed by atoms with E-state index in [2.05, 4.69) is 52.2 Å². The number of amides is 1. The van der Waals surface area contributed by atoms with Crippen LogP contribution in [-0.4, -0.2) is 24.0 Å². The van der Waals surface area contributed by atoms with Gasteiger partial charge in [0, 0.05) is 23.5 Å². The highest BCUT2D eigenvalue weighted by molar-refractivity contribution is 5.96. The van der Waals surface area contributed by atoms with Crippen molar-refractivity contribution >= 4 is 16.9 Å². The summed E-state index contributed by atoms with van der Waals surface area (Å²) >= 11 is 0. The maximum atomic E-state index is 12.6. The summed E-state index contributed by atoms with van der Waals surface area (Å²) in [5, 5.41) is 7.54. The van der Waals surface area contributed by atoms with E-state index >= 15 is 0 Å². The van der Waals surface area contributed by atoms with E-state index in [1.165, 1.54) is 0 Å². The average Bonchev–Trinajstić information content (AvgIpc) is 2.87. The highest BCUT2D eigenvalue weighted by atomic mass is 16.3. The lowest BCUT2D eigenvalue weighted by Gasteiger charge is -2.36. The molecule has 1 heterocycles. The SMILES string of the molecule is CC(C)NCC(C)(C)CC(C)(C)NC(=O)c1cc2ccccc2o1. The Balaban J connectivity index is 2.03. The van der Waals surface area contributed by atoms with E-state index in [1.807, 2.05) is 24.3 Å². The van der Waals surface area contributed by atoms with Crippen molar-refractivity contribution in [3.63, 3.8) is 0 Å². The monoisotopic (exact) mass is 330 g/mol. The van der Waals surface area contributed by atoms with Crippen molar-refractivity contribution < 1.29 is 9.21 Å². The van der Waals surface area contributed by atoms with E-state index in [1.54, 1.807) is 6.07 Å². The number of fused-ring (bicyclic) bond motifs is 1. The molecule has 0 atom stereocenters. The van der Waals surface area contributed by atoms with Crippen molar-refractivity contribution in [3.8, 4) is 0 Å². The number of benzene rings is 1. The Morgan fingerprint density at radius 3 is 2.46 bits per heavy atom. The van der Waals surface area contributed by atoms with Crippen LogP contribution in [0.2, 0.25) is 0 Å². The number of hydrogen-bond donors (Lipinski definition) is 2. The third kappa shape index (κ3) is 5.10. The number of carbonyl (C=O) groups is 1. The molecule has 0 aliphatic heterocycles.